The highest BCUT2D eigenvalue weighted by Gasteiger charge is 2.18. The molecule has 0 radical (unpaired) electrons. The van der Waals surface area contributed by atoms with Crippen molar-refractivity contribution in [3.05, 3.63) is 35.4 Å². The fraction of sp³-hybridized carbons (Fsp3) is 0.364. The van der Waals surface area contributed by atoms with E-state index >= 15 is 0 Å². The average Bonchev–Trinajstić information content (AvgIpc) is 2.28. The number of alkyl halides is 2. The van der Waals surface area contributed by atoms with Crippen LogP contribution >= 0.6 is 0 Å². The summed E-state index contributed by atoms with van der Waals surface area (Å²) in [6.45, 7) is 0. The summed E-state index contributed by atoms with van der Waals surface area (Å²) in [5, 5.41) is 27.2. The first kappa shape index (κ1) is 12.6. The first-order valence-corrected chi connectivity index (χ1v) is 4.67. The molecule has 0 bridgehead atoms. The third-order valence-electron chi connectivity index (χ3n) is 2.19. The molecule has 3 nitrogen and oxygen atoms in total. The summed E-state index contributed by atoms with van der Waals surface area (Å²) in [5.41, 5.74) is 0.165. The topological polar surface area (TPSA) is 64.2 Å². The van der Waals surface area contributed by atoms with E-state index in [1.54, 1.807) is 6.07 Å². The van der Waals surface area contributed by atoms with E-state index in [2.05, 4.69) is 0 Å². The van der Waals surface area contributed by atoms with Crippen LogP contribution in [0.1, 0.15) is 30.1 Å². The molecule has 5 heteroatoms. The molecule has 1 aromatic rings. The van der Waals surface area contributed by atoms with Gasteiger partial charge in [-0.15, -0.1) is 0 Å². The van der Waals surface area contributed by atoms with Crippen molar-refractivity contribution in [1.29, 1.82) is 5.26 Å². The Hall–Kier alpha value is -1.51. The minimum atomic E-state index is -2.56. The molecular weight excluding hydrogens is 216 g/mol. The number of hydrogen-bond donors (Lipinski definition) is 2. The molecule has 2 atom stereocenters. The van der Waals surface area contributed by atoms with Gasteiger partial charge < -0.3 is 10.2 Å². The highest BCUT2D eigenvalue weighted by Crippen LogP contribution is 2.23. The van der Waals surface area contributed by atoms with Gasteiger partial charge in [0.2, 0.25) is 0 Å². The second-order valence-electron chi connectivity index (χ2n) is 3.34. The quantitative estimate of drug-likeness (QED) is 0.826. The van der Waals surface area contributed by atoms with Crippen molar-refractivity contribution >= 4 is 0 Å². The van der Waals surface area contributed by atoms with E-state index in [4.69, 9.17) is 5.26 Å². The van der Waals surface area contributed by atoms with Crippen LogP contribution in [-0.2, 0) is 0 Å². The zero-order chi connectivity index (χ0) is 12.1. The molecule has 0 aromatic heterocycles. The lowest BCUT2D eigenvalue weighted by Gasteiger charge is -2.15. The van der Waals surface area contributed by atoms with Crippen molar-refractivity contribution in [2.75, 3.05) is 0 Å². The van der Waals surface area contributed by atoms with Gasteiger partial charge in [-0.1, -0.05) is 24.3 Å². The van der Waals surface area contributed by atoms with Crippen LogP contribution in [0.5, 0.6) is 0 Å². The maximum absolute atomic E-state index is 12.2. The Morgan fingerprint density at radius 1 is 1.12 bits per heavy atom. The van der Waals surface area contributed by atoms with E-state index in [9.17, 15) is 19.0 Å². The van der Waals surface area contributed by atoms with Gasteiger partial charge in [0.1, 0.15) is 6.10 Å². The number of benzene rings is 1. The molecule has 0 amide bonds. The van der Waals surface area contributed by atoms with E-state index in [0.717, 1.165) is 0 Å². The van der Waals surface area contributed by atoms with Gasteiger partial charge in [-0.25, -0.2) is 8.78 Å². The monoisotopic (exact) mass is 227 g/mol. The van der Waals surface area contributed by atoms with Gasteiger partial charge in [-0.05, 0) is 5.56 Å². The van der Waals surface area contributed by atoms with Gasteiger partial charge in [0.25, 0.3) is 6.43 Å². The summed E-state index contributed by atoms with van der Waals surface area (Å²) >= 11 is 0. The van der Waals surface area contributed by atoms with Crippen LogP contribution in [0.3, 0.4) is 0 Å². The van der Waals surface area contributed by atoms with Crippen LogP contribution in [0.25, 0.3) is 0 Å². The van der Waals surface area contributed by atoms with Gasteiger partial charge in [0.05, 0.1) is 18.6 Å². The van der Waals surface area contributed by atoms with E-state index in [1.807, 2.05) is 0 Å². The number of halogens is 2. The SMILES string of the molecule is N#CCC(O)C(O)c1ccc(C(F)F)cc1. The summed E-state index contributed by atoms with van der Waals surface area (Å²) in [4.78, 5) is 0. The Bertz CT molecular complexity index is 373. The molecule has 0 saturated carbocycles. The Balaban J connectivity index is 2.78. The highest BCUT2D eigenvalue weighted by atomic mass is 19.3. The summed E-state index contributed by atoms with van der Waals surface area (Å²) in [5.74, 6) is 0. The molecule has 16 heavy (non-hydrogen) atoms. The number of rotatable bonds is 4. The number of nitriles is 1. The number of aliphatic hydroxyl groups excluding tert-OH is 2. The maximum Gasteiger partial charge on any atom is 0.263 e. The molecule has 0 spiro atoms. The standard InChI is InChI=1S/C11H11F2NO2/c12-11(13)8-3-1-7(2-4-8)10(16)9(15)5-6-14/h1-4,9-11,15-16H,5H2. The minimum absolute atomic E-state index is 0.147. The fourth-order valence-electron chi connectivity index (χ4n) is 1.27. The molecule has 0 aliphatic rings. The summed E-state index contributed by atoms with van der Waals surface area (Å²) < 4.78 is 24.4. The molecule has 2 N–H and O–H groups in total. The van der Waals surface area contributed by atoms with Gasteiger partial charge >= 0.3 is 0 Å². The molecular formula is C11H11F2NO2. The first-order chi connectivity index (χ1) is 7.56. The second kappa shape index (κ2) is 5.54. The molecule has 0 heterocycles. The first-order valence-electron chi connectivity index (χ1n) is 4.67. The summed E-state index contributed by atoms with van der Waals surface area (Å²) in [7, 11) is 0. The van der Waals surface area contributed by atoms with Crippen molar-refractivity contribution in [1.82, 2.24) is 0 Å². The maximum atomic E-state index is 12.2. The van der Waals surface area contributed by atoms with E-state index in [0.29, 0.717) is 5.56 Å². The smallest absolute Gasteiger partial charge is 0.263 e. The number of aliphatic hydroxyl groups is 2. The van der Waals surface area contributed by atoms with Crippen LogP contribution in [0.4, 0.5) is 8.78 Å². The van der Waals surface area contributed by atoms with Crippen molar-refractivity contribution in [3.63, 3.8) is 0 Å². The van der Waals surface area contributed by atoms with Crippen molar-refractivity contribution in [2.45, 2.75) is 25.1 Å². The molecule has 86 valence electrons. The highest BCUT2D eigenvalue weighted by molar-refractivity contribution is 5.25. The minimum Gasteiger partial charge on any atom is -0.389 e. The van der Waals surface area contributed by atoms with Crippen molar-refractivity contribution < 1.29 is 19.0 Å². The van der Waals surface area contributed by atoms with E-state index in [-0.39, 0.29) is 12.0 Å². The van der Waals surface area contributed by atoms with Crippen LogP contribution in [-0.4, -0.2) is 16.3 Å². The molecule has 1 rings (SSSR count). The fourth-order valence-corrected chi connectivity index (χ4v) is 1.27. The second-order valence-corrected chi connectivity index (χ2v) is 3.34. The molecule has 0 saturated heterocycles. The Morgan fingerprint density at radius 2 is 1.62 bits per heavy atom. The lowest BCUT2D eigenvalue weighted by Crippen LogP contribution is -2.17. The third-order valence-corrected chi connectivity index (χ3v) is 2.19. The third kappa shape index (κ3) is 2.99. The number of nitrogens with zero attached hydrogens (tertiary/aromatic N) is 1. The van der Waals surface area contributed by atoms with Gasteiger partial charge in [0, 0.05) is 5.56 Å². The van der Waals surface area contributed by atoms with Crippen LogP contribution in [0.15, 0.2) is 24.3 Å². The van der Waals surface area contributed by atoms with Gasteiger partial charge in [0.15, 0.2) is 0 Å². The average molecular weight is 227 g/mol. The Morgan fingerprint density at radius 3 is 2.06 bits per heavy atom. The number of hydrogen-bond acceptors (Lipinski definition) is 3. The van der Waals surface area contributed by atoms with Gasteiger partial charge in [-0.3, -0.25) is 0 Å². The van der Waals surface area contributed by atoms with E-state index in [1.165, 1.54) is 24.3 Å². The Kier molecular flexibility index (Phi) is 4.35. The van der Waals surface area contributed by atoms with Crippen molar-refractivity contribution in [2.24, 2.45) is 0 Å². The summed E-state index contributed by atoms with van der Waals surface area (Å²) in [6.07, 6.45) is -5.21. The van der Waals surface area contributed by atoms with Crippen molar-refractivity contribution in [3.8, 4) is 6.07 Å². The Labute approximate surface area is 91.6 Å². The lowest BCUT2D eigenvalue weighted by molar-refractivity contribution is 0.0216. The normalized spacial score (nSPS) is 14.5. The molecule has 0 fully saturated rings. The molecule has 2 unspecified atom stereocenters. The van der Waals surface area contributed by atoms with Crippen LogP contribution in [0.2, 0.25) is 0 Å². The molecule has 1 aromatic carbocycles. The zero-order valence-electron chi connectivity index (χ0n) is 8.35. The molecule has 0 aliphatic heterocycles. The zero-order valence-corrected chi connectivity index (χ0v) is 8.35. The van der Waals surface area contributed by atoms with Crippen LogP contribution < -0.4 is 0 Å². The predicted octanol–water partition coefficient (Wildman–Crippen LogP) is 1.93. The predicted molar refractivity (Wildman–Crippen MR) is 52.6 cm³/mol. The van der Waals surface area contributed by atoms with Crippen LogP contribution in [0, 0.1) is 11.3 Å². The summed E-state index contributed by atoms with van der Waals surface area (Å²) in [6, 6.07) is 6.71. The largest absolute Gasteiger partial charge is 0.389 e. The lowest BCUT2D eigenvalue weighted by atomic mass is 10.0. The van der Waals surface area contributed by atoms with Gasteiger partial charge in [-0.2, -0.15) is 5.26 Å². The molecule has 0 aliphatic carbocycles. The van der Waals surface area contributed by atoms with E-state index < -0.39 is 18.6 Å².